The maximum Gasteiger partial charge on any atom is 0.267 e. The summed E-state index contributed by atoms with van der Waals surface area (Å²) >= 11 is 0. The molecule has 0 saturated carbocycles. The van der Waals surface area contributed by atoms with Crippen LogP contribution >= 0.6 is 0 Å². The minimum atomic E-state index is -0.674. The smallest absolute Gasteiger partial charge is 0.267 e. The van der Waals surface area contributed by atoms with E-state index in [2.05, 4.69) is 60.4 Å². The van der Waals surface area contributed by atoms with Crippen LogP contribution in [0.2, 0.25) is 0 Å². The Morgan fingerprint density at radius 3 is 2.05 bits per heavy atom. The molecular weight excluding hydrogens is 503 g/mol. The van der Waals surface area contributed by atoms with Crippen molar-refractivity contribution in [2.75, 3.05) is 25.6 Å². The molecule has 7 heteroatoms. The maximum absolute atomic E-state index is 12.6. The molecule has 1 amide bonds. The molecule has 0 aliphatic carbocycles. The van der Waals surface area contributed by atoms with E-state index in [4.69, 9.17) is 0 Å². The van der Waals surface area contributed by atoms with Gasteiger partial charge in [-0.25, -0.2) is 0 Å². The van der Waals surface area contributed by atoms with Crippen molar-refractivity contribution in [2.45, 2.75) is 87.1 Å². The Hall–Kier alpha value is -3.48. The van der Waals surface area contributed by atoms with E-state index in [0.29, 0.717) is 18.8 Å². The van der Waals surface area contributed by atoms with Gasteiger partial charge in [-0.15, -0.1) is 0 Å². The van der Waals surface area contributed by atoms with Crippen molar-refractivity contribution in [3.63, 3.8) is 0 Å². The van der Waals surface area contributed by atoms with E-state index in [1.54, 1.807) is 7.05 Å². The van der Waals surface area contributed by atoms with Crippen molar-refractivity contribution < 1.29 is 14.0 Å². The number of amidine groups is 1. The lowest BCUT2D eigenvalue weighted by atomic mass is 10.1. The van der Waals surface area contributed by atoms with E-state index in [-0.39, 0.29) is 18.2 Å². The van der Waals surface area contributed by atoms with E-state index in [0.717, 1.165) is 29.7 Å². The largest absolute Gasteiger partial charge is 0.382 e. The van der Waals surface area contributed by atoms with Crippen LogP contribution in [0.1, 0.15) is 78.0 Å². The molecule has 0 aliphatic rings. The monoisotopic (exact) mass is 556 g/mol. The van der Waals surface area contributed by atoms with Crippen LogP contribution in [0.5, 0.6) is 0 Å². The molecule has 40 heavy (non-hydrogen) atoms. The fourth-order valence-electron chi connectivity index (χ4n) is 3.32. The Labute approximate surface area is 243 Å². The highest BCUT2D eigenvalue weighted by Crippen LogP contribution is 2.17. The first-order valence-electron chi connectivity index (χ1n) is 14.3. The van der Waals surface area contributed by atoms with Gasteiger partial charge in [0.2, 0.25) is 0 Å². The molecule has 0 unspecified atom stereocenters. The van der Waals surface area contributed by atoms with Crippen LogP contribution in [-0.2, 0) is 22.4 Å². The highest BCUT2D eigenvalue weighted by atomic mass is 19.1. The summed E-state index contributed by atoms with van der Waals surface area (Å²) in [5.74, 6) is 0.0560. The molecule has 0 radical (unpaired) electrons. The zero-order valence-corrected chi connectivity index (χ0v) is 26.3. The first-order chi connectivity index (χ1) is 19.2. The topological polar surface area (TPSA) is 82.6 Å². The summed E-state index contributed by atoms with van der Waals surface area (Å²) in [4.78, 5) is 29.0. The number of Topliss-reactive ketones (excluding diaryl/α,β-unsaturated/α-hetero) is 1. The summed E-state index contributed by atoms with van der Waals surface area (Å²) in [5, 5.41) is 9.02. The number of amides is 1. The van der Waals surface area contributed by atoms with E-state index in [1.807, 2.05) is 57.2 Å². The Kier molecular flexibility index (Phi) is 23.7. The van der Waals surface area contributed by atoms with E-state index < -0.39 is 11.9 Å². The standard InChI is InChI=1S/C26H34N4O2.C3H8.C2H5F.C2H6/c1-6-10-21-13-14-23(18(2)15-21)28-17-24(20(4)31)30-26(32)19(3)29-25(27-5)16-22-11-8-7-9-12-22;1-3-2;1-2-3;1-2/h7-9,11-15,24,28H,3,6,10,16-17H2,1-2,4-5H3,(H,27,29)(H,30,32);3H2,1-2H3;2H2,1H3;1-2H3/t24-;;;/m0.../s1. The molecule has 2 rings (SSSR count). The Bertz CT molecular complexity index is 1000. The molecule has 1 atom stereocenters. The van der Waals surface area contributed by atoms with Crippen molar-refractivity contribution >= 4 is 23.2 Å². The van der Waals surface area contributed by atoms with Gasteiger partial charge in [-0.3, -0.25) is 19.0 Å². The van der Waals surface area contributed by atoms with Crippen LogP contribution in [0.25, 0.3) is 0 Å². The number of aliphatic imine (C=N–C) groups is 1. The van der Waals surface area contributed by atoms with Crippen LogP contribution < -0.4 is 16.0 Å². The van der Waals surface area contributed by atoms with Crippen LogP contribution in [0.4, 0.5) is 10.1 Å². The van der Waals surface area contributed by atoms with Gasteiger partial charge < -0.3 is 16.0 Å². The number of alkyl halides is 1. The molecule has 0 saturated heterocycles. The summed E-state index contributed by atoms with van der Waals surface area (Å²) in [6.07, 6.45) is 3.93. The van der Waals surface area contributed by atoms with Gasteiger partial charge >= 0.3 is 0 Å². The molecule has 0 aliphatic heterocycles. The summed E-state index contributed by atoms with van der Waals surface area (Å²) in [7, 11) is 1.66. The molecule has 0 fully saturated rings. The number of nitrogens with zero attached hydrogens (tertiary/aromatic N) is 1. The van der Waals surface area contributed by atoms with E-state index in [1.165, 1.54) is 25.8 Å². The molecule has 224 valence electrons. The second kappa shape index (κ2) is 24.6. The first-order valence-corrected chi connectivity index (χ1v) is 14.3. The zero-order chi connectivity index (χ0) is 30.9. The Morgan fingerprint density at radius 1 is 1.00 bits per heavy atom. The summed E-state index contributed by atoms with van der Waals surface area (Å²) in [6.45, 7) is 19.2. The number of halogens is 1. The average molecular weight is 557 g/mol. The molecule has 0 aromatic heterocycles. The molecular formula is C33H53FN4O2. The molecule has 2 aromatic rings. The third kappa shape index (κ3) is 17.2. The molecule has 0 heterocycles. The van der Waals surface area contributed by atoms with Crippen LogP contribution in [0.15, 0.2) is 65.8 Å². The van der Waals surface area contributed by atoms with E-state index >= 15 is 0 Å². The molecule has 2 aromatic carbocycles. The van der Waals surface area contributed by atoms with Crippen LogP contribution in [0, 0.1) is 6.92 Å². The number of ketones is 1. The van der Waals surface area contributed by atoms with Gasteiger partial charge in [0.15, 0.2) is 5.78 Å². The van der Waals surface area contributed by atoms with Crippen molar-refractivity contribution in [2.24, 2.45) is 4.99 Å². The number of hydrogen-bond donors (Lipinski definition) is 3. The Balaban J connectivity index is 0. The highest BCUT2D eigenvalue weighted by molar-refractivity contribution is 6.00. The van der Waals surface area contributed by atoms with Gasteiger partial charge in [0.25, 0.3) is 5.91 Å². The number of carbonyl (C=O) groups is 2. The lowest BCUT2D eigenvalue weighted by molar-refractivity contribution is -0.124. The predicted octanol–water partition coefficient (Wildman–Crippen LogP) is 7.23. The maximum atomic E-state index is 12.6. The molecule has 0 bridgehead atoms. The number of hydrogen-bond acceptors (Lipinski definition) is 4. The number of aryl methyl sites for hydroxylation is 2. The molecule has 6 nitrogen and oxygen atoms in total. The third-order valence-corrected chi connectivity index (χ3v) is 5.18. The fourth-order valence-corrected chi connectivity index (χ4v) is 3.32. The van der Waals surface area contributed by atoms with Gasteiger partial charge in [0, 0.05) is 25.7 Å². The average Bonchev–Trinajstić information content (AvgIpc) is 2.94. The molecule has 0 spiro atoms. The van der Waals surface area contributed by atoms with Gasteiger partial charge in [0.1, 0.15) is 11.9 Å². The van der Waals surface area contributed by atoms with Gasteiger partial charge in [-0.2, -0.15) is 0 Å². The lowest BCUT2D eigenvalue weighted by Crippen LogP contribution is -2.47. The lowest BCUT2D eigenvalue weighted by Gasteiger charge is -2.20. The van der Waals surface area contributed by atoms with Crippen LogP contribution in [-0.4, -0.2) is 43.8 Å². The van der Waals surface area contributed by atoms with Crippen molar-refractivity contribution in [1.29, 1.82) is 0 Å². The van der Waals surface area contributed by atoms with Crippen molar-refractivity contribution in [3.05, 3.63) is 77.5 Å². The first kappa shape index (κ1) is 38.7. The van der Waals surface area contributed by atoms with Crippen LogP contribution in [0.3, 0.4) is 0 Å². The second-order valence-corrected chi connectivity index (χ2v) is 8.83. The fraction of sp³-hybridized carbons (Fsp3) is 0.485. The quantitative estimate of drug-likeness (QED) is 0.155. The van der Waals surface area contributed by atoms with Crippen molar-refractivity contribution in [1.82, 2.24) is 10.6 Å². The Morgan fingerprint density at radius 2 is 1.57 bits per heavy atom. The number of nitrogens with one attached hydrogen (secondary N) is 3. The zero-order valence-electron chi connectivity index (χ0n) is 26.3. The normalized spacial score (nSPS) is 10.7. The summed E-state index contributed by atoms with van der Waals surface area (Å²) in [5.41, 5.74) is 4.57. The van der Waals surface area contributed by atoms with E-state index in [9.17, 15) is 14.0 Å². The number of rotatable bonds is 11. The third-order valence-electron chi connectivity index (χ3n) is 5.18. The van der Waals surface area contributed by atoms with Gasteiger partial charge in [-0.05, 0) is 49.9 Å². The highest BCUT2D eigenvalue weighted by Gasteiger charge is 2.19. The van der Waals surface area contributed by atoms with Crippen molar-refractivity contribution in [3.8, 4) is 0 Å². The summed E-state index contributed by atoms with van der Waals surface area (Å²) < 4.78 is 10.3. The minimum Gasteiger partial charge on any atom is -0.382 e. The summed E-state index contributed by atoms with van der Waals surface area (Å²) in [6, 6.07) is 15.4. The SMILES string of the molecule is C=C(NC(Cc1ccccc1)=NC)C(=O)N[C@@H](CNc1ccc(CCC)cc1C)C(C)=O.CC.CCC.CCF. The second-order valence-electron chi connectivity index (χ2n) is 8.83. The molecule has 3 N–H and O–H groups in total. The number of carbonyl (C=O) groups excluding carboxylic acids is 2. The number of benzene rings is 2. The minimum absolute atomic E-state index is 0.132. The van der Waals surface area contributed by atoms with Gasteiger partial charge in [-0.1, -0.05) is 96.5 Å². The number of anilines is 1. The predicted molar refractivity (Wildman–Crippen MR) is 171 cm³/mol. The van der Waals surface area contributed by atoms with Gasteiger partial charge in [0.05, 0.1) is 12.4 Å².